The highest BCUT2D eigenvalue weighted by Crippen LogP contribution is 2.28. The number of methoxy groups -OCH3 is 1. The number of carbonyl (C=O) groups excluding carboxylic acids is 1. The normalized spacial score (nSPS) is 10.2. The smallest absolute Gasteiger partial charge is 0.330 e. The van der Waals surface area contributed by atoms with Crippen LogP contribution >= 0.6 is 0 Å². The Bertz CT molecular complexity index is 763. The van der Waals surface area contributed by atoms with Crippen LogP contribution in [0.2, 0.25) is 0 Å². The molecule has 0 spiro atoms. The molecular formula is C20H19NO4. The highest BCUT2D eigenvalue weighted by molar-refractivity contribution is 5.87. The quantitative estimate of drug-likeness (QED) is 0.545. The van der Waals surface area contributed by atoms with Crippen LogP contribution in [0.4, 0.5) is 0 Å². The van der Waals surface area contributed by atoms with E-state index in [4.69, 9.17) is 19.5 Å². The first-order valence-electron chi connectivity index (χ1n) is 7.79. The maximum atomic E-state index is 11.8. The van der Waals surface area contributed by atoms with Crippen molar-refractivity contribution in [1.82, 2.24) is 0 Å². The van der Waals surface area contributed by atoms with Crippen LogP contribution in [0.15, 0.2) is 54.6 Å². The Balaban J connectivity index is 1.87. The molecule has 0 radical (unpaired) electrons. The molecule has 0 heterocycles. The molecule has 5 nitrogen and oxygen atoms in total. The van der Waals surface area contributed by atoms with Crippen LogP contribution in [0.3, 0.4) is 0 Å². The summed E-state index contributed by atoms with van der Waals surface area (Å²) in [6.45, 7) is 0.275. The van der Waals surface area contributed by atoms with Gasteiger partial charge < -0.3 is 14.2 Å². The number of benzene rings is 2. The molecule has 0 N–H and O–H groups in total. The fourth-order valence-electron chi connectivity index (χ4n) is 2.14. The van der Waals surface area contributed by atoms with Gasteiger partial charge in [0.1, 0.15) is 6.07 Å². The zero-order valence-electron chi connectivity index (χ0n) is 14.0. The van der Waals surface area contributed by atoms with Gasteiger partial charge in [0.05, 0.1) is 13.7 Å². The van der Waals surface area contributed by atoms with Gasteiger partial charge in [0.2, 0.25) is 0 Å². The van der Waals surface area contributed by atoms with E-state index in [2.05, 4.69) is 0 Å². The van der Waals surface area contributed by atoms with Gasteiger partial charge in [-0.3, -0.25) is 0 Å². The van der Waals surface area contributed by atoms with Crippen LogP contribution in [0.25, 0.3) is 6.08 Å². The number of hydrogen-bond acceptors (Lipinski definition) is 5. The van der Waals surface area contributed by atoms with Crippen molar-refractivity contribution in [3.8, 4) is 17.6 Å². The zero-order chi connectivity index (χ0) is 17.9. The number of esters is 1. The zero-order valence-corrected chi connectivity index (χ0v) is 14.0. The summed E-state index contributed by atoms with van der Waals surface area (Å²) in [6, 6.07) is 16.9. The second kappa shape index (κ2) is 9.78. The summed E-state index contributed by atoms with van der Waals surface area (Å²) in [6.07, 6.45) is 3.69. The summed E-state index contributed by atoms with van der Waals surface area (Å²) in [5.74, 6) is 0.571. The van der Waals surface area contributed by atoms with Crippen molar-refractivity contribution >= 4 is 12.0 Å². The number of hydrogen-bond donors (Lipinski definition) is 0. The minimum Gasteiger partial charge on any atom is -0.493 e. The maximum absolute atomic E-state index is 11.8. The molecule has 25 heavy (non-hydrogen) atoms. The summed E-state index contributed by atoms with van der Waals surface area (Å²) >= 11 is 0. The molecule has 128 valence electrons. The lowest BCUT2D eigenvalue weighted by molar-refractivity contribution is -0.137. The predicted molar refractivity (Wildman–Crippen MR) is 94.2 cm³/mol. The monoisotopic (exact) mass is 337 g/mol. The molecule has 0 aliphatic heterocycles. The van der Waals surface area contributed by atoms with Gasteiger partial charge in [-0.15, -0.1) is 0 Å². The molecule has 0 saturated heterocycles. The molecule has 0 unspecified atom stereocenters. The first-order chi connectivity index (χ1) is 12.2. The first kappa shape index (κ1) is 18.1. The van der Waals surface area contributed by atoms with Crippen LogP contribution in [0, 0.1) is 11.3 Å². The van der Waals surface area contributed by atoms with Gasteiger partial charge in [0.15, 0.2) is 18.1 Å². The van der Waals surface area contributed by atoms with Gasteiger partial charge in [-0.1, -0.05) is 36.4 Å². The summed E-state index contributed by atoms with van der Waals surface area (Å²) in [5, 5.41) is 8.56. The Morgan fingerprint density at radius 1 is 1.16 bits per heavy atom. The fraction of sp³-hybridized carbons (Fsp3) is 0.200. The topological polar surface area (TPSA) is 68.6 Å². The highest BCUT2D eigenvalue weighted by atomic mass is 16.5. The standard InChI is InChI=1S/C20H19NO4/c1-23-19-15-17(7-9-18(19)24-14-12-21)8-10-20(22)25-13-11-16-5-3-2-4-6-16/h2-10,15H,11,13-14H2,1H3/b10-8+. The number of nitrogens with zero attached hydrogens (tertiary/aromatic N) is 1. The maximum Gasteiger partial charge on any atom is 0.330 e. The van der Waals surface area contributed by atoms with Crippen LogP contribution in [-0.4, -0.2) is 26.3 Å². The molecule has 0 fully saturated rings. The van der Waals surface area contributed by atoms with Gasteiger partial charge in [-0.2, -0.15) is 5.26 Å². The van der Waals surface area contributed by atoms with Crippen molar-refractivity contribution in [2.24, 2.45) is 0 Å². The van der Waals surface area contributed by atoms with E-state index in [0.29, 0.717) is 24.5 Å². The molecule has 0 aliphatic rings. The Morgan fingerprint density at radius 2 is 1.96 bits per heavy atom. The van der Waals surface area contributed by atoms with Crippen molar-refractivity contribution in [2.75, 3.05) is 20.3 Å². The second-order valence-corrected chi connectivity index (χ2v) is 5.09. The molecule has 2 aromatic rings. The van der Waals surface area contributed by atoms with Gasteiger partial charge in [-0.25, -0.2) is 4.79 Å². The summed E-state index contributed by atoms with van der Waals surface area (Å²) in [5.41, 5.74) is 1.89. The van der Waals surface area contributed by atoms with Crippen molar-refractivity contribution in [1.29, 1.82) is 5.26 Å². The molecular weight excluding hydrogens is 318 g/mol. The number of ether oxygens (including phenoxy) is 3. The van der Waals surface area contributed by atoms with Crippen LogP contribution in [-0.2, 0) is 16.0 Å². The van der Waals surface area contributed by atoms with Crippen LogP contribution < -0.4 is 9.47 Å². The molecule has 2 aromatic carbocycles. The lowest BCUT2D eigenvalue weighted by Crippen LogP contribution is -2.04. The SMILES string of the molecule is COc1cc(/C=C/C(=O)OCCc2ccccc2)ccc1OCC#N. The summed E-state index contributed by atoms with van der Waals surface area (Å²) in [4.78, 5) is 11.8. The minimum atomic E-state index is -0.403. The van der Waals surface area contributed by atoms with Crippen molar-refractivity contribution in [3.63, 3.8) is 0 Å². The van der Waals surface area contributed by atoms with Gasteiger partial charge in [0, 0.05) is 12.5 Å². The van der Waals surface area contributed by atoms with Crippen molar-refractivity contribution in [2.45, 2.75) is 6.42 Å². The van der Waals surface area contributed by atoms with Gasteiger partial charge >= 0.3 is 5.97 Å². The average molecular weight is 337 g/mol. The molecule has 0 amide bonds. The van der Waals surface area contributed by atoms with Crippen LogP contribution in [0.1, 0.15) is 11.1 Å². The van der Waals surface area contributed by atoms with Crippen molar-refractivity contribution < 1.29 is 19.0 Å². The first-order valence-corrected chi connectivity index (χ1v) is 7.79. The Kier molecular flexibility index (Phi) is 7.08. The largest absolute Gasteiger partial charge is 0.493 e. The number of rotatable bonds is 8. The van der Waals surface area contributed by atoms with E-state index in [0.717, 1.165) is 11.1 Å². The van der Waals surface area contributed by atoms with E-state index >= 15 is 0 Å². The molecule has 0 saturated carbocycles. The Labute approximate surface area is 147 Å². The Morgan fingerprint density at radius 3 is 2.68 bits per heavy atom. The number of nitriles is 1. The summed E-state index contributed by atoms with van der Waals surface area (Å²) in [7, 11) is 1.51. The summed E-state index contributed by atoms with van der Waals surface area (Å²) < 4.78 is 15.7. The van der Waals surface area contributed by atoms with E-state index in [1.807, 2.05) is 36.4 Å². The molecule has 0 bridgehead atoms. The highest BCUT2D eigenvalue weighted by Gasteiger charge is 2.05. The lowest BCUT2D eigenvalue weighted by Gasteiger charge is -2.08. The minimum absolute atomic E-state index is 0.0563. The van der Waals surface area contributed by atoms with E-state index in [1.54, 1.807) is 24.3 Å². The molecule has 0 atom stereocenters. The third kappa shape index (κ3) is 6.04. The van der Waals surface area contributed by atoms with E-state index in [1.165, 1.54) is 13.2 Å². The third-order valence-electron chi connectivity index (χ3n) is 3.37. The number of carbonyl (C=O) groups is 1. The molecule has 0 aliphatic carbocycles. The predicted octanol–water partition coefficient (Wildman–Crippen LogP) is 3.40. The lowest BCUT2D eigenvalue weighted by atomic mass is 10.2. The van der Waals surface area contributed by atoms with E-state index in [9.17, 15) is 4.79 Å². The second-order valence-electron chi connectivity index (χ2n) is 5.09. The van der Waals surface area contributed by atoms with E-state index in [-0.39, 0.29) is 6.61 Å². The molecule has 0 aromatic heterocycles. The van der Waals surface area contributed by atoms with Crippen LogP contribution in [0.5, 0.6) is 11.5 Å². The Hall–Kier alpha value is -3.26. The third-order valence-corrected chi connectivity index (χ3v) is 3.37. The van der Waals surface area contributed by atoms with Gasteiger partial charge in [0.25, 0.3) is 0 Å². The fourth-order valence-corrected chi connectivity index (χ4v) is 2.14. The average Bonchev–Trinajstić information content (AvgIpc) is 2.65. The van der Waals surface area contributed by atoms with Crippen molar-refractivity contribution in [3.05, 3.63) is 65.7 Å². The molecule has 5 heteroatoms. The van der Waals surface area contributed by atoms with E-state index < -0.39 is 5.97 Å². The van der Waals surface area contributed by atoms with Gasteiger partial charge in [-0.05, 0) is 29.3 Å². The molecule has 2 rings (SSSR count).